The SMILES string of the molecule is CCN(C(=O)c1cc2c(s1)CCCCC2)C1CCS(=O)(=O)C1. The third kappa shape index (κ3) is 3.23. The normalized spacial score (nSPS) is 23.8. The van der Waals surface area contributed by atoms with Gasteiger partial charge in [-0.1, -0.05) is 6.42 Å². The summed E-state index contributed by atoms with van der Waals surface area (Å²) in [6.07, 6.45) is 6.41. The Labute approximate surface area is 136 Å². The molecule has 1 aromatic rings. The molecule has 1 aromatic heterocycles. The summed E-state index contributed by atoms with van der Waals surface area (Å²) in [6, 6.07) is 1.91. The molecule has 1 aliphatic heterocycles. The van der Waals surface area contributed by atoms with E-state index in [2.05, 4.69) is 6.07 Å². The van der Waals surface area contributed by atoms with Crippen molar-refractivity contribution >= 4 is 27.1 Å². The molecule has 0 saturated carbocycles. The van der Waals surface area contributed by atoms with Crippen LogP contribution in [0.5, 0.6) is 0 Å². The molecule has 1 saturated heterocycles. The van der Waals surface area contributed by atoms with Gasteiger partial charge in [-0.15, -0.1) is 11.3 Å². The van der Waals surface area contributed by atoms with Crippen LogP contribution in [0.25, 0.3) is 0 Å². The number of thiophene rings is 1. The zero-order valence-electron chi connectivity index (χ0n) is 13.0. The lowest BCUT2D eigenvalue weighted by Gasteiger charge is -2.26. The van der Waals surface area contributed by atoms with Crippen LogP contribution < -0.4 is 0 Å². The molecule has 2 aliphatic rings. The number of aryl methyl sites for hydroxylation is 2. The molecule has 2 heterocycles. The lowest BCUT2D eigenvalue weighted by Crippen LogP contribution is -2.40. The van der Waals surface area contributed by atoms with E-state index in [-0.39, 0.29) is 23.5 Å². The average molecular weight is 341 g/mol. The van der Waals surface area contributed by atoms with E-state index in [1.807, 2.05) is 6.92 Å². The zero-order chi connectivity index (χ0) is 15.7. The summed E-state index contributed by atoms with van der Waals surface area (Å²) in [4.78, 5) is 16.7. The number of hydrogen-bond acceptors (Lipinski definition) is 4. The first-order chi connectivity index (χ1) is 10.5. The van der Waals surface area contributed by atoms with Gasteiger partial charge in [0.2, 0.25) is 0 Å². The van der Waals surface area contributed by atoms with Crippen molar-refractivity contribution in [1.82, 2.24) is 4.90 Å². The number of hydrogen-bond donors (Lipinski definition) is 0. The summed E-state index contributed by atoms with van der Waals surface area (Å²) >= 11 is 1.62. The fourth-order valence-electron chi connectivity index (χ4n) is 3.50. The monoisotopic (exact) mass is 341 g/mol. The fourth-order valence-corrected chi connectivity index (χ4v) is 6.44. The minimum absolute atomic E-state index is 0.0164. The molecular formula is C16H23NO3S2. The van der Waals surface area contributed by atoms with Gasteiger partial charge in [0.05, 0.1) is 16.4 Å². The molecule has 0 spiro atoms. The van der Waals surface area contributed by atoms with Crippen molar-refractivity contribution in [3.8, 4) is 0 Å². The van der Waals surface area contributed by atoms with Crippen LogP contribution in [-0.2, 0) is 22.7 Å². The number of amides is 1. The summed E-state index contributed by atoms with van der Waals surface area (Å²) in [7, 11) is -2.96. The van der Waals surface area contributed by atoms with Gasteiger partial charge in [0.15, 0.2) is 9.84 Å². The van der Waals surface area contributed by atoms with Crippen LogP contribution in [0.4, 0.5) is 0 Å². The number of sulfone groups is 1. The van der Waals surface area contributed by atoms with Crippen molar-refractivity contribution in [2.24, 2.45) is 0 Å². The molecule has 122 valence electrons. The van der Waals surface area contributed by atoms with Gasteiger partial charge in [-0.05, 0) is 50.7 Å². The van der Waals surface area contributed by atoms with Gasteiger partial charge in [0, 0.05) is 17.5 Å². The Balaban J connectivity index is 1.80. The van der Waals surface area contributed by atoms with Gasteiger partial charge in [0.25, 0.3) is 5.91 Å². The first kappa shape index (κ1) is 16.0. The molecule has 6 heteroatoms. The van der Waals surface area contributed by atoms with Gasteiger partial charge in [-0.3, -0.25) is 4.79 Å². The molecule has 3 rings (SSSR count). The average Bonchev–Trinajstić information content (AvgIpc) is 2.96. The zero-order valence-corrected chi connectivity index (χ0v) is 14.6. The van der Waals surface area contributed by atoms with Crippen molar-refractivity contribution in [3.63, 3.8) is 0 Å². The summed E-state index contributed by atoms with van der Waals surface area (Å²) < 4.78 is 23.4. The van der Waals surface area contributed by atoms with E-state index in [9.17, 15) is 13.2 Å². The highest BCUT2D eigenvalue weighted by Crippen LogP contribution is 2.30. The van der Waals surface area contributed by atoms with Crippen LogP contribution in [-0.4, -0.2) is 43.3 Å². The highest BCUT2D eigenvalue weighted by molar-refractivity contribution is 7.91. The highest BCUT2D eigenvalue weighted by atomic mass is 32.2. The van der Waals surface area contributed by atoms with E-state index < -0.39 is 9.84 Å². The third-order valence-electron chi connectivity index (χ3n) is 4.71. The number of nitrogens with zero attached hydrogens (tertiary/aromatic N) is 1. The molecule has 1 aliphatic carbocycles. The van der Waals surface area contributed by atoms with E-state index in [0.717, 1.165) is 17.7 Å². The van der Waals surface area contributed by atoms with E-state index in [4.69, 9.17) is 0 Å². The van der Waals surface area contributed by atoms with Crippen LogP contribution >= 0.6 is 11.3 Å². The molecule has 1 atom stereocenters. The van der Waals surface area contributed by atoms with E-state index in [0.29, 0.717) is 13.0 Å². The maximum Gasteiger partial charge on any atom is 0.264 e. The van der Waals surface area contributed by atoms with Crippen molar-refractivity contribution in [2.75, 3.05) is 18.1 Å². The molecule has 0 N–H and O–H groups in total. The molecule has 22 heavy (non-hydrogen) atoms. The minimum Gasteiger partial charge on any atom is -0.334 e. The fraction of sp³-hybridized carbons (Fsp3) is 0.688. The summed E-state index contributed by atoms with van der Waals surface area (Å²) in [5.41, 5.74) is 1.33. The maximum atomic E-state index is 12.8. The molecule has 0 bridgehead atoms. The summed E-state index contributed by atoms with van der Waals surface area (Å²) in [6.45, 7) is 2.50. The quantitative estimate of drug-likeness (QED) is 0.794. The predicted molar refractivity (Wildman–Crippen MR) is 89.3 cm³/mol. The van der Waals surface area contributed by atoms with Gasteiger partial charge in [0.1, 0.15) is 0 Å². The highest BCUT2D eigenvalue weighted by Gasteiger charge is 2.34. The maximum absolute atomic E-state index is 12.8. The second-order valence-electron chi connectivity index (χ2n) is 6.27. The number of carbonyl (C=O) groups is 1. The molecule has 0 aromatic carbocycles. The molecule has 1 amide bonds. The predicted octanol–water partition coefficient (Wildman–Crippen LogP) is 2.67. The van der Waals surface area contributed by atoms with Gasteiger partial charge < -0.3 is 4.90 Å². The Morgan fingerprint density at radius 3 is 2.77 bits per heavy atom. The molecular weight excluding hydrogens is 318 g/mol. The first-order valence-corrected chi connectivity index (χ1v) is 10.8. The smallest absolute Gasteiger partial charge is 0.264 e. The first-order valence-electron chi connectivity index (χ1n) is 8.13. The van der Waals surface area contributed by atoms with Crippen LogP contribution in [0.15, 0.2) is 6.07 Å². The molecule has 1 unspecified atom stereocenters. The van der Waals surface area contributed by atoms with Crippen molar-refractivity contribution < 1.29 is 13.2 Å². The topological polar surface area (TPSA) is 54.5 Å². The Hall–Kier alpha value is -0.880. The molecule has 0 radical (unpaired) electrons. The van der Waals surface area contributed by atoms with Gasteiger partial charge in [-0.2, -0.15) is 0 Å². The van der Waals surface area contributed by atoms with Crippen LogP contribution in [0, 0.1) is 0 Å². The van der Waals surface area contributed by atoms with Crippen LogP contribution in [0.1, 0.15) is 52.7 Å². The second kappa shape index (κ2) is 6.32. The van der Waals surface area contributed by atoms with E-state index >= 15 is 0 Å². The Morgan fingerprint density at radius 2 is 2.09 bits per heavy atom. The lowest BCUT2D eigenvalue weighted by atomic mass is 10.1. The summed E-state index contributed by atoms with van der Waals surface area (Å²) in [5.74, 6) is 0.350. The molecule has 1 fully saturated rings. The van der Waals surface area contributed by atoms with E-state index in [1.165, 1.54) is 29.7 Å². The standard InChI is InChI=1S/C16H23NO3S2/c1-2-17(13-8-9-22(19,20)11-13)16(18)15-10-12-6-4-3-5-7-14(12)21-15/h10,13H,2-9,11H2,1H3. The number of carbonyl (C=O) groups excluding carboxylic acids is 1. The largest absolute Gasteiger partial charge is 0.334 e. The minimum atomic E-state index is -2.96. The van der Waals surface area contributed by atoms with Crippen LogP contribution in [0.2, 0.25) is 0 Å². The lowest BCUT2D eigenvalue weighted by molar-refractivity contribution is 0.0713. The number of rotatable bonds is 3. The van der Waals surface area contributed by atoms with Crippen molar-refractivity contribution in [2.45, 2.75) is 51.5 Å². The third-order valence-corrected chi connectivity index (χ3v) is 7.68. The van der Waals surface area contributed by atoms with E-state index in [1.54, 1.807) is 16.2 Å². The Kier molecular flexibility index (Phi) is 4.59. The number of fused-ring (bicyclic) bond motifs is 1. The van der Waals surface area contributed by atoms with Gasteiger partial charge in [-0.25, -0.2) is 8.42 Å². The second-order valence-corrected chi connectivity index (χ2v) is 9.63. The molecule has 4 nitrogen and oxygen atoms in total. The van der Waals surface area contributed by atoms with Crippen molar-refractivity contribution in [1.29, 1.82) is 0 Å². The Morgan fingerprint density at radius 1 is 1.32 bits per heavy atom. The summed E-state index contributed by atoms with van der Waals surface area (Å²) in [5, 5.41) is 0. The van der Waals surface area contributed by atoms with Crippen LogP contribution in [0.3, 0.4) is 0 Å². The van der Waals surface area contributed by atoms with Crippen molar-refractivity contribution in [3.05, 3.63) is 21.4 Å². The van der Waals surface area contributed by atoms with Gasteiger partial charge >= 0.3 is 0 Å². The Bertz CT molecular complexity index is 639.